The highest BCUT2D eigenvalue weighted by Crippen LogP contribution is 2.47. The smallest absolute Gasteiger partial charge is 0.381 e. The summed E-state index contributed by atoms with van der Waals surface area (Å²) in [6, 6.07) is 6.74. The van der Waals surface area contributed by atoms with Crippen LogP contribution >= 0.6 is 0 Å². The van der Waals surface area contributed by atoms with Crippen LogP contribution < -0.4 is 5.32 Å². The molecule has 2 N–H and O–H groups in total. The minimum atomic E-state index is -4.93. The van der Waals surface area contributed by atoms with Crippen molar-refractivity contribution in [2.45, 2.75) is 24.4 Å². The van der Waals surface area contributed by atoms with E-state index in [0.717, 1.165) is 0 Å². The summed E-state index contributed by atoms with van der Waals surface area (Å²) in [5.74, 6) is -1.92. The van der Waals surface area contributed by atoms with Crippen molar-refractivity contribution in [3.8, 4) is 0 Å². The minimum absolute atomic E-state index is 0.0868. The first-order valence-electron chi connectivity index (χ1n) is 5.80. The molecular formula is C12H11F3N2O2. The van der Waals surface area contributed by atoms with E-state index in [1.165, 1.54) is 0 Å². The van der Waals surface area contributed by atoms with Crippen molar-refractivity contribution < 1.29 is 23.1 Å². The van der Waals surface area contributed by atoms with Gasteiger partial charge in [-0.2, -0.15) is 13.2 Å². The Morgan fingerprint density at radius 3 is 2.79 bits per heavy atom. The molecule has 19 heavy (non-hydrogen) atoms. The van der Waals surface area contributed by atoms with Gasteiger partial charge < -0.3 is 15.3 Å². The fourth-order valence-electron chi connectivity index (χ4n) is 2.81. The zero-order valence-electron chi connectivity index (χ0n) is 9.74. The Morgan fingerprint density at radius 1 is 1.42 bits per heavy atom. The topological polar surface area (TPSA) is 52.6 Å². The number of hydrogen-bond donors (Lipinski definition) is 2. The van der Waals surface area contributed by atoms with Crippen LogP contribution in [0.2, 0.25) is 0 Å². The van der Waals surface area contributed by atoms with E-state index in [1.54, 1.807) is 24.3 Å². The molecule has 0 bridgehead atoms. The molecule has 0 aromatic heterocycles. The van der Waals surface area contributed by atoms with Gasteiger partial charge in [0.15, 0.2) is 0 Å². The number of rotatable bonds is 0. The lowest BCUT2D eigenvalue weighted by Crippen LogP contribution is -2.50. The first-order chi connectivity index (χ1) is 8.84. The normalized spacial score (nSPS) is 28.8. The van der Waals surface area contributed by atoms with Crippen LogP contribution in [0.3, 0.4) is 0 Å². The van der Waals surface area contributed by atoms with E-state index in [1.807, 2.05) is 0 Å². The molecule has 1 amide bonds. The number of benzene rings is 1. The third-order valence-electron chi connectivity index (χ3n) is 3.69. The second-order valence-electron chi connectivity index (χ2n) is 4.76. The van der Waals surface area contributed by atoms with Gasteiger partial charge in [0, 0.05) is 24.2 Å². The van der Waals surface area contributed by atoms with Crippen LogP contribution in [0.15, 0.2) is 24.3 Å². The van der Waals surface area contributed by atoms with Crippen molar-refractivity contribution >= 4 is 11.6 Å². The third kappa shape index (κ3) is 1.61. The Kier molecular flexibility index (Phi) is 2.35. The van der Waals surface area contributed by atoms with Gasteiger partial charge in [-0.15, -0.1) is 0 Å². The van der Waals surface area contributed by atoms with E-state index in [4.69, 9.17) is 0 Å². The van der Waals surface area contributed by atoms with Crippen molar-refractivity contribution in [3.63, 3.8) is 0 Å². The monoisotopic (exact) mass is 272 g/mol. The average molecular weight is 272 g/mol. The summed E-state index contributed by atoms with van der Waals surface area (Å²) in [4.78, 5) is 12.0. The first kappa shape index (κ1) is 12.3. The second-order valence-corrected chi connectivity index (χ2v) is 4.76. The molecule has 102 valence electrons. The van der Waals surface area contributed by atoms with Crippen LogP contribution in [0.1, 0.15) is 12.0 Å². The Balaban J connectivity index is 1.96. The fraction of sp³-hybridized carbons (Fsp3) is 0.417. The summed E-state index contributed by atoms with van der Waals surface area (Å²) >= 11 is 0. The maximum atomic E-state index is 12.5. The molecule has 1 aromatic rings. The molecule has 1 saturated heterocycles. The Bertz CT molecular complexity index is 546. The lowest BCUT2D eigenvalue weighted by Gasteiger charge is -2.28. The van der Waals surface area contributed by atoms with Crippen LogP contribution in [0.25, 0.3) is 0 Å². The molecule has 1 aromatic carbocycles. The van der Waals surface area contributed by atoms with Crippen LogP contribution in [-0.4, -0.2) is 34.8 Å². The summed E-state index contributed by atoms with van der Waals surface area (Å²) in [5.41, 5.74) is -0.343. The summed E-state index contributed by atoms with van der Waals surface area (Å²) < 4.78 is 37.5. The highest BCUT2D eigenvalue weighted by molar-refractivity contribution is 5.83. The van der Waals surface area contributed by atoms with Gasteiger partial charge in [0.1, 0.15) is 11.8 Å². The Labute approximate surface area is 106 Å². The van der Waals surface area contributed by atoms with E-state index >= 15 is 0 Å². The number of carbonyl (C=O) groups is 1. The SMILES string of the molecule is O=C(N1CC[C@@]2(O)c3ccccc3N[C@@H]12)C(F)(F)F. The number of para-hydroxylation sites is 1. The van der Waals surface area contributed by atoms with Gasteiger partial charge in [-0.1, -0.05) is 18.2 Å². The van der Waals surface area contributed by atoms with Gasteiger partial charge in [0.05, 0.1) is 0 Å². The lowest BCUT2D eigenvalue weighted by molar-refractivity contribution is -0.187. The zero-order chi connectivity index (χ0) is 13.8. The third-order valence-corrected chi connectivity index (χ3v) is 3.69. The maximum absolute atomic E-state index is 12.5. The standard InChI is InChI=1S/C12H11F3N2O2/c13-12(14,15)10(18)17-6-5-11(19)7-3-1-2-4-8(7)16-9(11)17/h1-4,9,16,19H,5-6H2/t9-,11+/m0/s1. The molecule has 3 rings (SSSR count). The number of likely N-dealkylation sites (tertiary alicyclic amines) is 1. The predicted octanol–water partition coefficient (Wildman–Crippen LogP) is 1.42. The number of fused-ring (bicyclic) bond motifs is 3. The van der Waals surface area contributed by atoms with Gasteiger partial charge in [-0.25, -0.2) is 0 Å². The molecule has 0 spiro atoms. The quantitative estimate of drug-likeness (QED) is 0.751. The van der Waals surface area contributed by atoms with Crippen LogP contribution in [0, 0.1) is 0 Å². The van der Waals surface area contributed by atoms with Crippen molar-refractivity contribution in [2.24, 2.45) is 0 Å². The molecule has 0 aliphatic carbocycles. The highest BCUT2D eigenvalue weighted by atomic mass is 19.4. The van der Waals surface area contributed by atoms with Crippen LogP contribution in [0.5, 0.6) is 0 Å². The van der Waals surface area contributed by atoms with Gasteiger partial charge in [-0.3, -0.25) is 4.79 Å². The minimum Gasteiger partial charge on any atom is -0.381 e. The van der Waals surface area contributed by atoms with E-state index in [0.29, 0.717) is 16.2 Å². The number of amides is 1. The van der Waals surface area contributed by atoms with E-state index in [2.05, 4.69) is 5.32 Å². The number of alkyl halides is 3. The molecule has 1 fully saturated rings. The van der Waals surface area contributed by atoms with Crippen molar-refractivity contribution in [1.82, 2.24) is 4.90 Å². The van der Waals surface area contributed by atoms with E-state index in [-0.39, 0.29) is 13.0 Å². The van der Waals surface area contributed by atoms with E-state index in [9.17, 15) is 23.1 Å². The van der Waals surface area contributed by atoms with E-state index < -0.39 is 23.9 Å². The summed E-state index contributed by atoms with van der Waals surface area (Å²) in [5, 5.41) is 13.3. The molecule has 4 nitrogen and oxygen atoms in total. The number of hydrogen-bond acceptors (Lipinski definition) is 3. The Hall–Kier alpha value is -1.76. The number of nitrogens with zero attached hydrogens (tertiary/aromatic N) is 1. The molecule has 0 radical (unpaired) electrons. The summed E-state index contributed by atoms with van der Waals surface area (Å²) in [6.45, 7) is -0.124. The number of anilines is 1. The van der Waals surface area contributed by atoms with Crippen molar-refractivity contribution in [2.75, 3.05) is 11.9 Å². The van der Waals surface area contributed by atoms with Crippen molar-refractivity contribution in [1.29, 1.82) is 0 Å². The Morgan fingerprint density at radius 2 is 2.11 bits per heavy atom. The number of carbonyl (C=O) groups excluding carboxylic acids is 1. The summed E-state index contributed by atoms with van der Waals surface area (Å²) in [6.07, 6.45) is -5.90. The van der Waals surface area contributed by atoms with Crippen molar-refractivity contribution in [3.05, 3.63) is 29.8 Å². The number of halogens is 3. The first-order valence-corrected chi connectivity index (χ1v) is 5.80. The lowest BCUT2D eigenvalue weighted by atomic mass is 9.93. The zero-order valence-corrected chi connectivity index (χ0v) is 9.74. The van der Waals surface area contributed by atoms with Gasteiger partial charge in [0.25, 0.3) is 0 Å². The average Bonchev–Trinajstić information content (AvgIpc) is 2.80. The molecule has 2 heterocycles. The van der Waals surface area contributed by atoms with Crippen LogP contribution in [0.4, 0.5) is 18.9 Å². The largest absolute Gasteiger partial charge is 0.471 e. The molecule has 2 aliphatic heterocycles. The van der Waals surface area contributed by atoms with Gasteiger partial charge in [-0.05, 0) is 6.07 Å². The molecule has 2 atom stereocenters. The fourth-order valence-corrected chi connectivity index (χ4v) is 2.81. The highest BCUT2D eigenvalue weighted by Gasteiger charge is 2.58. The molecule has 0 saturated carbocycles. The summed E-state index contributed by atoms with van der Waals surface area (Å²) in [7, 11) is 0. The molecular weight excluding hydrogens is 261 g/mol. The van der Waals surface area contributed by atoms with Gasteiger partial charge >= 0.3 is 12.1 Å². The number of nitrogens with one attached hydrogen (secondary N) is 1. The maximum Gasteiger partial charge on any atom is 0.471 e. The molecule has 0 unspecified atom stereocenters. The van der Waals surface area contributed by atoms with Crippen LogP contribution in [-0.2, 0) is 10.4 Å². The second kappa shape index (κ2) is 3.63. The molecule has 7 heteroatoms. The van der Waals surface area contributed by atoms with Gasteiger partial charge in [0.2, 0.25) is 0 Å². The molecule has 2 aliphatic rings. The predicted molar refractivity (Wildman–Crippen MR) is 60.1 cm³/mol. The number of aliphatic hydroxyl groups is 1.